The number of thiophene rings is 1. The van der Waals surface area contributed by atoms with Crippen molar-refractivity contribution in [2.45, 2.75) is 13.3 Å². The molecule has 140 valence electrons. The molecule has 0 radical (unpaired) electrons. The van der Waals surface area contributed by atoms with E-state index in [1.165, 1.54) is 6.20 Å². The zero-order chi connectivity index (χ0) is 19.2. The first-order valence-electron chi connectivity index (χ1n) is 8.40. The third kappa shape index (κ3) is 4.50. The van der Waals surface area contributed by atoms with Gasteiger partial charge in [-0.05, 0) is 42.5 Å². The third-order valence-corrected chi connectivity index (χ3v) is 4.82. The van der Waals surface area contributed by atoms with Gasteiger partial charge in [0.1, 0.15) is 5.56 Å². The SMILES string of the molecule is Cc1cc[nH]c(=O)c1C(=O)NCCCNC(=O)c1cc(-c2cccs2)[nH]n1. The molecule has 0 aromatic carbocycles. The molecule has 0 saturated heterocycles. The lowest BCUT2D eigenvalue weighted by Crippen LogP contribution is -2.33. The number of carbonyl (C=O) groups excluding carboxylic acids is 2. The quantitative estimate of drug-likeness (QED) is 0.463. The standard InChI is InChI=1S/C18H19N5O3S/c1-11-5-8-21-18(26)15(11)17(25)20-7-3-6-19-16(24)13-10-12(22-23-13)14-4-2-9-27-14/h2,4-5,8-10H,3,6-7H2,1H3,(H,19,24)(H,20,25)(H,21,26)(H,22,23). The molecule has 0 atom stereocenters. The number of nitrogens with one attached hydrogen (secondary N) is 4. The van der Waals surface area contributed by atoms with Crippen LogP contribution in [0.5, 0.6) is 0 Å². The van der Waals surface area contributed by atoms with E-state index in [0.29, 0.717) is 30.8 Å². The fourth-order valence-corrected chi connectivity index (χ4v) is 3.22. The molecule has 8 nitrogen and oxygen atoms in total. The van der Waals surface area contributed by atoms with Gasteiger partial charge in [0, 0.05) is 19.3 Å². The molecule has 9 heteroatoms. The van der Waals surface area contributed by atoms with Gasteiger partial charge in [0.15, 0.2) is 5.69 Å². The molecule has 2 amide bonds. The molecule has 0 fully saturated rings. The Morgan fingerprint density at radius 1 is 1.19 bits per heavy atom. The van der Waals surface area contributed by atoms with Gasteiger partial charge in [-0.25, -0.2) is 0 Å². The average Bonchev–Trinajstić information content (AvgIpc) is 3.32. The van der Waals surface area contributed by atoms with E-state index in [1.54, 1.807) is 30.4 Å². The van der Waals surface area contributed by atoms with Crippen LogP contribution >= 0.6 is 11.3 Å². The van der Waals surface area contributed by atoms with E-state index < -0.39 is 11.5 Å². The van der Waals surface area contributed by atoms with E-state index >= 15 is 0 Å². The van der Waals surface area contributed by atoms with Crippen molar-refractivity contribution in [2.75, 3.05) is 13.1 Å². The predicted molar refractivity (Wildman–Crippen MR) is 103 cm³/mol. The Labute approximate surface area is 159 Å². The number of aromatic amines is 2. The summed E-state index contributed by atoms with van der Waals surface area (Å²) < 4.78 is 0. The number of amides is 2. The number of rotatable bonds is 7. The predicted octanol–water partition coefficient (Wildman–Crippen LogP) is 1.68. The lowest BCUT2D eigenvalue weighted by atomic mass is 10.1. The summed E-state index contributed by atoms with van der Waals surface area (Å²) >= 11 is 1.56. The molecule has 3 aromatic rings. The lowest BCUT2D eigenvalue weighted by molar-refractivity contribution is 0.0947. The summed E-state index contributed by atoms with van der Waals surface area (Å²) in [7, 11) is 0. The number of hydrogen-bond donors (Lipinski definition) is 4. The van der Waals surface area contributed by atoms with Gasteiger partial charge in [-0.15, -0.1) is 11.3 Å². The second-order valence-corrected chi connectivity index (χ2v) is 6.82. The molecule has 3 rings (SSSR count). The number of aromatic nitrogens is 3. The van der Waals surface area contributed by atoms with Crippen LogP contribution in [0.15, 0.2) is 40.6 Å². The normalized spacial score (nSPS) is 10.6. The third-order valence-electron chi connectivity index (χ3n) is 3.92. The summed E-state index contributed by atoms with van der Waals surface area (Å²) in [6.07, 6.45) is 2.03. The van der Waals surface area contributed by atoms with Crippen LogP contribution in [0.1, 0.15) is 32.8 Å². The number of H-pyrrole nitrogens is 2. The average molecular weight is 385 g/mol. The van der Waals surface area contributed by atoms with Crippen molar-refractivity contribution in [3.8, 4) is 10.6 Å². The Bertz CT molecular complexity index is 991. The van der Waals surface area contributed by atoms with Crippen LogP contribution in [-0.4, -0.2) is 40.1 Å². The van der Waals surface area contributed by atoms with Gasteiger partial charge < -0.3 is 15.6 Å². The summed E-state index contributed by atoms with van der Waals surface area (Å²) in [5, 5.41) is 14.3. The minimum absolute atomic E-state index is 0.110. The van der Waals surface area contributed by atoms with E-state index in [0.717, 1.165) is 10.6 Å². The van der Waals surface area contributed by atoms with Gasteiger partial charge >= 0.3 is 0 Å². The maximum absolute atomic E-state index is 12.1. The summed E-state index contributed by atoms with van der Waals surface area (Å²) in [4.78, 5) is 39.4. The van der Waals surface area contributed by atoms with Crippen LogP contribution in [0, 0.1) is 6.92 Å². The second-order valence-electron chi connectivity index (χ2n) is 5.87. The zero-order valence-electron chi connectivity index (χ0n) is 14.7. The largest absolute Gasteiger partial charge is 0.352 e. The van der Waals surface area contributed by atoms with Crippen molar-refractivity contribution in [2.24, 2.45) is 0 Å². The Morgan fingerprint density at radius 2 is 1.96 bits per heavy atom. The van der Waals surface area contributed by atoms with Gasteiger partial charge in [-0.1, -0.05) is 6.07 Å². The van der Waals surface area contributed by atoms with Crippen molar-refractivity contribution < 1.29 is 9.59 Å². The molecule has 3 heterocycles. The maximum Gasteiger partial charge on any atom is 0.271 e. The van der Waals surface area contributed by atoms with Crippen molar-refractivity contribution in [1.29, 1.82) is 0 Å². The molecular weight excluding hydrogens is 366 g/mol. The first-order valence-corrected chi connectivity index (χ1v) is 9.28. The van der Waals surface area contributed by atoms with Gasteiger partial charge in [0.05, 0.1) is 10.6 Å². The van der Waals surface area contributed by atoms with Crippen LogP contribution in [0.2, 0.25) is 0 Å². The van der Waals surface area contributed by atoms with E-state index in [1.807, 2.05) is 17.5 Å². The first kappa shape index (κ1) is 18.6. The minimum atomic E-state index is -0.423. The van der Waals surface area contributed by atoms with Crippen LogP contribution in [0.4, 0.5) is 0 Å². The number of carbonyl (C=O) groups is 2. The summed E-state index contributed by atoms with van der Waals surface area (Å²) in [5.41, 5.74) is 1.42. The number of aryl methyl sites for hydroxylation is 1. The molecule has 0 aliphatic heterocycles. The van der Waals surface area contributed by atoms with E-state index in [4.69, 9.17) is 0 Å². The Morgan fingerprint density at radius 3 is 2.67 bits per heavy atom. The van der Waals surface area contributed by atoms with Crippen molar-refractivity contribution in [3.63, 3.8) is 0 Å². The van der Waals surface area contributed by atoms with Crippen LogP contribution in [0.3, 0.4) is 0 Å². The highest BCUT2D eigenvalue weighted by Gasteiger charge is 2.13. The lowest BCUT2D eigenvalue weighted by Gasteiger charge is -2.07. The monoisotopic (exact) mass is 385 g/mol. The smallest absolute Gasteiger partial charge is 0.271 e. The summed E-state index contributed by atoms with van der Waals surface area (Å²) in [6.45, 7) is 2.43. The Balaban J connectivity index is 1.43. The second kappa shape index (κ2) is 8.45. The topological polar surface area (TPSA) is 120 Å². The molecule has 0 bridgehead atoms. The fraction of sp³-hybridized carbons (Fsp3) is 0.222. The molecule has 0 aliphatic carbocycles. The van der Waals surface area contributed by atoms with Crippen LogP contribution in [-0.2, 0) is 0 Å². The number of nitrogens with zero attached hydrogens (tertiary/aromatic N) is 1. The van der Waals surface area contributed by atoms with Crippen molar-refractivity contribution in [1.82, 2.24) is 25.8 Å². The Kier molecular flexibility index (Phi) is 5.82. The molecule has 0 saturated carbocycles. The summed E-state index contributed by atoms with van der Waals surface area (Å²) in [5.74, 6) is -0.704. The van der Waals surface area contributed by atoms with Crippen molar-refractivity contribution in [3.05, 3.63) is 63.0 Å². The van der Waals surface area contributed by atoms with Crippen LogP contribution < -0.4 is 16.2 Å². The minimum Gasteiger partial charge on any atom is -0.352 e. The highest BCUT2D eigenvalue weighted by atomic mass is 32.1. The van der Waals surface area contributed by atoms with Gasteiger partial charge in [-0.2, -0.15) is 5.10 Å². The number of hydrogen-bond acceptors (Lipinski definition) is 5. The number of pyridine rings is 1. The molecular formula is C18H19N5O3S. The van der Waals surface area contributed by atoms with Gasteiger partial charge in [-0.3, -0.25) is 19.5 Å². The Hall–Kier alpha value is -3.20. The highest BCUT2D eigenvalue weighted by Crippen LogP contribution is 2.22. The van der Waals surface area contributed by atoms with Gasteiger partial charge in [0.25, 0.3) is 17.4 Å². The summed E-state index contributed by atoms with van der Waals surface area (Å²) in [6, 6.07) is 7.25. The molecule has 27 heavy (non-hydrogen) atoms. The van der Waals surface area contributed by atoms with Gasteiger partial charge in [0.2, 0.25) is 0 Å². The molecule has 0 aliphatic rings. The fourth-order valence-electron chi connectivity index (χ4n) is 2.53. The van der Waals surface area contributed by atoms with E-state index in [9.17, 15) is 14.4 Å². The van der Waals surface area contributed by atoms with Crippen molar-refractivity contribution >= 4 is 23.2 Å². The molecule has 4 N–H and O–H groups in total. The maximum atomic E-state index is 12.1. The zero-order valence-corrected chi connectivity index (χ0v) is 15.5. The molecule has 3 aromatic heterocycles. The molecule has 0 spiro atoms. The van der Waals surface area contributed by atoms with E-state index in [2.05, 4.69) is 25.8 Å². The molecule has 0 unspecified atom stereocenters. The highest BCUT2D eigenvalue weighted by molar-refractivity contribution is 7.13. The van der Waals surface area contributed by atoms with Crippen LogP contribution in [0.25, 0.3) is 10.6 Å². The van der Waals surface area contributed by atoms with E-state index in [-0.39, 0.29) is 11.5 Å². The first-order chi connectivity index (χ1) is 13.1.